The summed E-state index contributed by atoms with van der Waals surface area (Å²) in [4.78, 5) is 8.55. The Morgan fingerprint density at radius 3 is 3.06 bits per heavy atom. The lowest BCUT2D eigenvalue weighted by atomic mass is 10.2. The summed E-state index contributed by atoms with van der Waals surface area (Å²) in [6.45, 7) is 3.91. The molecule has 0 aliphatic heterocycles. The van der Waals surface area contributed by atoms with Crippen LogP contribution in [0.3, 0.4) is 0 Å². The molecule has 3 aromatic heterocycles. The van der Waals surface area contributed by atoms with Crippen LogP contribution in [0.5, 0.6) is 0 Å². The summed E-state index contributed by atoms with van der Waals surface area (Å²) in [6, 6.07) is 1.94. The maximum atomic E-state index is 5.06. The summed E-state index contributed by atoms with van der Waals surface area (Å²) in [5.41, 5.74) is 2.22. The molecule has 0 radical (unpaired) electrons. The van der Waals surface area contributed by atoms with Crippen molar-refractivity contribution in [3.63, 3.8) is 0 Å². The molecule has 0 aliphatic rings. The first kappa shape index (κ1) is 9.95. The summed E-state index contributed by atoms with van der Waals surface area (Å²) in [5, 5.41) is 11.8. The number of fused-ring (bicyclic) bond motifs is 1. The Kier molecular flexibility index (Phi) is 2.14. The van der Waals surface area contributed by atoms with Gasteiger partial charge in [-0.1, -0.05) is 12.1 Å². The van der Waals surface area contributed by atoms with Gasteiger partial charge >= 0.3 is 0 Å². The topological polar surface area (TPSA) is 80.5 Å². The second kappa shape index (κ2) is 3.65. The van der Waals surface area contributed by atoms with Gasteiger partial charge in [-0.25, -0.2) is 9.97 Å². The van der Waals surface area contributed by atoms with E-state index >= 15 is 0 Å². The Morgan fingerprint density at radius 1 is 1.41 bits per heavy atom. The predicted octanol–water partition coefficient (Wildman–Crippen LogP) is 1.88. The molecule has 0 fully saturated rings. The summed E-state index contributed by atoms with van der Waals surface area (Å²) >= 11 is 0. The summed E-state index contributed by atoms with van der Waals surface area (Å²) in [5.74, 6) is 1.51. The number of H-pyrrole nitrogens is 1. The molecule has 6 heteroatoms. The number of aryl methyl sites for hydroxylation is 2. The third-order valence-corrected chi connectivity index (χ3v) is 2.63. The van der Waals surface area contributed by atoms with Gasteiger partial charge in [-0.3, -0.25) is 5.10 Å². The van der Waals surface area contributed by atoms with E-state index in [1.807, 2.05) is 19.9 Å². The van der Waals surface area contributed by atoms with Gasteiger partial charge in [0.15, 0.2) is 5.82 Å². The quantitative estimate of drug-likeness (QED) is 0.725. The fourth-order valence-corrected chi connectivity index (χ4v) is 1.65. The molecular formula is C11H11N5O. The van der Waals surface area contributed by atoms with Gasteiger partial charge in [-0.2, -0.15) is 5.10 Å². The van der Waals surface area contributed by atoms with Crippen LogP contribution in [0, 0.1) is 6.92 Å². The zero-order valence-electron chi connectivity index (χ0n) is 9.56. The number of pyridine rings is 1. The fourth-order valence-electron chi connectivity index (χ4n) is 1.65. The minimum absolute atomic E-state index is 0.539. The lowest BCUT2D eigenvalue weighted by Crippen LogP contribution is -1.84. The first-order valence-corrected chi connectivity index (χ1v) is 5.41. The molecule has 17 heavy (non-hydrogen) atoms. The molecule has 86 valence electrons. The smallest absolute Gasteiger partial charge is 0.257 e. The minimum Gasteiger partial charge on any atom is -0.336 e. The number of hydrogen-bond donors (Lipinski definition) is 1. The van der Waals surface area contributed by atoms with Crippen LogP contribution < -0.4 is 0 Å². The molecule has 0 saturated carbocycles. The molecule has 6 nitrogen and oxygen atoms in total. The Hall–Kier alpha value is -2.24. The van der Waals surface area contributed by atoms with E-state index in [9.17, 15) is 0 Å². The van der Waals surface area contributed by atoms with Crippen molar-refractivity contribution >= 4 is 11.1 Å². The molecular weight excluding hydrogens is 218 g/mol. The standard InChI is InChI=1S/C11H11N5O/c1-3-9-13-10(15-14-9)7-4-8-6(2)16-17-11(8)12-5-7/h4-5H,3H2,1-2H3,(H,13,14,15). The van der Waals surface area contributed by atoms with Crippen LogP contribution in [0.15, 0.2) is 16.8 Å². The lowest BCUT2D eigenvalue weighted by Gasteiger charge is -1.93. The number of rotatable bonds is 2. The lowest BCUT2D eigenvalue weighted by molar-refractivity contribution is 0.443. The van der Waals surface area contributed by atoms with E-state index < -0.39 is 0 Å². The highest BCUT2D eigenvalue weighted by atomic mass is 16.5. The van der Waals surface area contributed by atoms with Crippen molar-refractivity contribution < 1.29 is 4.52 Å². The third kappa shape index (κ3) is 1.57. The minimum atomic E-state index is 0.539. The SMILES string of the molecule is CCc1nc(-c2cnc3onc(C)c3c2)n[nH]1. The Labute approximate surface area is 97.1 Å². The van der Waals surface area contributed by atoms with Gasteiger partial charge in [0.05, 0.1) is 11.1 Å². The van der Waals surface area contributed by atoms with Gasteiger partial charge < -0.3 is 4.52 Å². The van der Waals surface area contributed by atoms with E-state index in [1.54, 1.807) is 6.20 Å². The van der Waals surface area contributed by atoms with E-state index in [-0.39, 0.29) is 0 Å². The molecule has 0 amide bonds. The molecule has 0 bridgehead atoms. The van der Waals surface area contributed by atoms with Crippen LogP contribution in [0.1, 0.15) is 18.4 Å². The van der Waals surface area contributed by atoms with Gasteiger partial charge in [0.2, 0.25) is 0 Å². The average Bonchev–Trinajstić information content (AvgIpc) is 2.96. The number of aromatic amines is 1. The first-order chi connectivity index (χ1) is 8.28. The largest absolute Gasteiger partial charge is 0.336 e. The molecule has 0 spiro atoms. The van der Waals surface area contributed by atoms with Crippen molar-refractivity contribution in [3.05, 3.63) is 23.8 Å². The number of hydrogen-bond acceptors (Lipinski definition) is 5. The van der Waals surface area contributed by atoms with Crippen molar-refractivity contribution in [2.75, 3.05) is 0 Å². The van der Waals surface area contributed by atoms with E-state index in [1.165, 1.54) is 0 Å². The van der Waals surface area contributed by atoms with Crippen molar-refractivity contribution in [2.45, 2.75) is 20.3 Å². The van der Waals surface area contributed by atoms with Crippen molar-refractivity contribution in [2.24, 2.45) is 0 Å². The highest BCUT2D eigenvalue weighted by Gasteiger charge is 2.10. The third-order valence-electron chi connectivity index (χ3n) is 2.63. The maximum absolute atomic E-state index is 5.06. The normalized spacial score (nSPS) is 11.2. The van der Waals surface area contributed by atoms with E-state index in [2.05, 4.69) is 25.3 Å². The van der Waals surface area contributed by atoms with E-state index in [0.717, 1.165) is 28.9 Å². The van der Waals surface area contributed by atoms with Crippen LogP contribution in [0.25, 0.3) is 22.5 Å². The van der Waals surface area contributed by atoms with Crippen LogP contribution in [-0.4, -0.2) is 25.3 Å². The second-order valence-electron chi connectivity index (χ2n) is 3.80. The van der Waals surface area contributed by atoms with Gasteiger partial charge in [-0.05, 0) is 13.0 Å². The zero-order valence-corrected chi connectivity index (χ0v) is 9.56. The van der Waals surface area contributed by atoms with Gasteiger partial charge in [-0.15, -0.1) is 0 Å². The van der Waals surface area contributed by atoms with Crippen LogP contribution >= 0.6 is 0 Å². The summed E-state index contributed by atoms with van der Waals surface area (Å²) in [6.07, 6.45) is 2.52. The Morgan fingerprint density at radius 2 is 2.29 bits per heavy atom. The highest BCUT2D eigenvalue weighted by molar-refractivity contribution is 5.80. The maximum Gasteiger partial charge on any atom is 0.257 e. The predicted molar refractivity (Wildman–Crippen MR) is 61.3 cm³/mol. The number of nitrogens with zero attached hydrogens (tertiary/aromatic N) is 4. The average molecular weight is 229 g/mol. The van der Waals surface area contributed by atoms with Crippen LogP contribution in [0.2, 0.25) is 0 Å². The van der Waals surface area contributed by atoms with Gasteiger partial charge in [0.25, 0.3) is 5.71 Å². The number of aromatic nitrogens is 5. The Balaban J connectivity index is 2.13. The van der Waals surface area contributed by atoms with Gasteiger partial charge in [0, 0.05) is 18.2 Å². The molecule has 0 aromatic carbocycles. The van der Waals surface area contributed by atoms with Crippen LogP contribution in [0.4, 0.5) is 0 Å². The number of nitrogens with one attached hydrogen (secondary N) is 1. The Bertz CT molecular complexity index is 669. The van der Waals surface area contributed by atoms with E-state index in [4.69, 9.17) is 4.52 Å². The molecule has 0 aliphatic carbocycles. The van der Waals surface area contributed by atoms with Crippen molar-refractivity contribution in [1.29, 1.82) is 0 Å². The summed E-state index contributed by atoms with van der Waals surface area (Å²) in [7, 11) is 0. The second-order valence-corrected chi connectivity index (χ2v) is 3.80. The molecule has 3 rings (SSSR count). The van der Waals surface area contributed by atoms with Crippen LogP contribution in [-0.2, 0) is 6.42 Å². The van der Waals surface area contributed by atoms with Gasteiger partial charge in [0.1, 0.15) is 5.82 Å². The molecule has 3 heterocycles. The molecule has 1 N–H and O–H groups in total. The monoisotopic (exact) mass is 229 g/mol. The zero-order chi connectivity index (χ0) is 11.8. The van der Waals surface area contributed by atoms with E-state index in [0.29, 0.717) is 11.5 Å². The first-order valence-electron chi connectivity index (χ1n) is 5.41. The molecule has 0 saturated heterocycles. The molecule has 3 aromatic rings. The van der Waals surface area contributed by atoms with Crippen molar-refractivity contribution in [1.82, 2.24) is 25.3 Å². The fraction of sp³-hybridized carbons (Fsp3) is 0.273. The van der Waals surface area contributed by atoms with Crippen molar-refractivity contribution in [3.8, 4) is 11.4 Å². The molecule has 0 unspecified atom stereocenters. The highest BCUT2D eigenvalue weighted by Crippen LogP contribution is 2.21. The summed E-state index contributed by atoms with van der Waals surface area (Å²) < 4.78 is 5.06. The molecule has 0 atom stereocenters.